The van der Waals surface area contributed by atoms with E-state index in [-0.39, 0.29) is 66.0 Å². The largest absolute Gasteiger partial charge is 0.504 e. The van der Waals surface area contributed by atoms with Crippen molar-refractivity contribution in [2.75, 3.05) is 13.7 Å². The van der Waals surface area contributed by atoms with Gasteiger partial charge in [-0.05, 0) is 83.7 Å². The molecule has 3 fully saturated rings. The molecule has 5 bridgehead atoms. The minimum Gasteiger partial charge on any atom is -0.504 e. The second-order valence-corrected chi connectivity index (χ2v) is 16.2. The van der Waals surface area contributed by atoms with E-state index in [0.717, 1.165) is 36.0 Å². The predicted molar refractivity (Wildman–Crippen MR) is 196 cm³/mol. The standard InChI is InChI=1S/C44H45NO7/c1-52-39-20-34(30(25-46)18-38(39)50)33-19-32(47)23-42(51)22-31-11-15-41-12-5-13-43(31)44(41,35-21-37(49)36(48)17-28(35)10-14-41)40(42)29(24-45-43)9-8-27(33)16-26-6-3-2-4-7-26/h2-4,6-7,10-11,14-15,17-18,20-21,27,29,31,33,40,45-46,48-51H,5,12-13,16,19,22-25H2,1H3. The molecule has 0 aromatic heterocycles. The van der Waals surface area contributed by atoms with Crippen molar-refractivity contribution in [3.63, 3.8) is 0 Å². The van der Waals surface area contributed by atoms with Gasteiger partial charge in [0.1, 0.15) is 5.78 Å². The number of hydrogen-bond donors (Lipinski definition) is 6. The maximum Gasteiger partial charge on any atom is 0.160 e. The minimum atomic E-state index is -1.42. The Balaban J connectivity index is 1.28. The summed E-state index contributed by atoms with van der Waals surface area (Å²) in [7, 11) is 1.48. The summed E-state index contributed by atoms with van der Waals surface area (Å²) in [5, 5.41) is 60.3. The van der Waals surface area contributed by atoms with Gasteiger partial charge < -0.3 is 35.6 Å². The number of carbonyl (C=O) groups is 1. The molecule has 2 saturated carbocycles. The molecular weight excluding hydrogens is 654 g/mol. The highest BCUT2D eigenvalue weighted by Gasteiger charge is 2.79. The van der Waals surface area contributed by atoms with Crippen molar-refractivity contribution in [1.29, 1.82) is 0 Å². The number of fused-ring (bicyclic) bond motifs is 1. The number of piperidine rings is 1. The van der Waals surface area contributed by atoms with Crippen molar-refractivity contribution in [3.8, 4) is 34.8 Å². The molecule has 8 nitrogen and oxygen atoms in total. The second-order valence-electron chi connectivity index (χ2n) is 16.2. The van der Waals surface area contributed by atoms with Gasteiger partial charge >= 0.3 is 0 Å². The maximum absolute atomic E-state index is 14.8. The number of ketones is 1. The van der Waals surface area contributed by atoms with Gasteiger partial charge in [0.05, 0.1) is 19.3 Å². The first-order valence-electron chi connectivity index (χ1n) is 18.6. The molecule has 3 aromatic carbocycles. The van der Waals surface area contributed by atoms with Crippen molar-refractivity contribution in [3.05, 3.63) is 101 Å². The zero-order chi connectivity index (χ0) is 36.0. The number of hydrogen-bond acceptors (Lipinski definition) is 8. The van der Waals surface area contributed by atoms with E-state index in [2.05, 4.69) is 47.5 Å². The van der Waals surface area contributed by atoms with Crippen LogP contribution in [0.15, 0.2) is 72.8 Å². The topological polar surface area (TPSA) is 139 Å². The predicted octanol–water partition coefficient (Wildman–Crippen LogP) is 5.64. The Morgan fingerprint density at radius 3 is 2.58 bits per heavy atom. The number of phenols is 3. The van der Waals surface area contributed by atoms with Crippen molar-refractivity contribution in [1.82, 2.24) is 5.32 Å². The van der Waals surface area contributed by atoms with E-state index in [1.54, 1.807) is 18.2 Å². The SMILES string of the molecule is COc1cc(C2CC(=O)CC3(O)CC4C=CC56C=Cc7cc(O)c(O)cc7C57C3C(C#CC2Cc2ccccc2)CNC47CCC6)c(CO)cc1O. The zero-order valence-corrected chi connectivity index (χ0v) is 29.3. The third-order valence-corrected chi connectivity index (χ3v) is 13.8. The first kappa shape index (κ1) is 33.3. The normalized spacial score (nSPS) is 36.5. The van der Waals surface area contributed by atoms with E-state index < -0.39 is 33.8 Å². The Labute approximate surface area is 303 Å². The van der Waals surface area contributed by atoms with E-state index in [9.17, 15) is 30.3 Å². The number of nitrogens with one attached hydrogen (secondary N) is 1. The summed E-state index contributed by atoms with van der Waals surface area (Å²) in [4.78, 5) is 14.8. The summed E-state index contributed by atoms with van der Waals surface area (Å²) in [6.07, 6.45) is 12.6. The van der Waals surface area contributed by atoms with Gasteiger partial charge in [0.25, 0.3) is 0 Å². The van der Waals surface area contributed by atoms with Gasteiger partial charge in [-0.15, -0.1) is 0 Å². The summed E-state index contributed by atoms with van der Waals surface area (Å²) in [5.74, 6) is 5.45. The number of carbonyl (C=O) groups excluding carboxylic acids is 1. The highest BCUT2D eigenvalue weighted by Crippen LogP contribution is 2.76. The highest BCUT2D eigenvalue weighted by atomic mass is 16.5. The van der Waals surface area contributed by atoms with Crippen LogP contribution in [0.2, 0.25) is 0 Å². The van der Waals surface area contributed by atoms with Crippen LogP contribution in [0.4, 0.5) is 0 Å². The molecule has 9 unspecified atom stereocenters. The van der Waals surface area contributed by atoms with Gasteiger partial charge in [0.15, 0.2) is 23.0 Å². The van der Waals surface area contributed by atoms with Crippen LogP contribution in [-0.4, -0.2) is 56.1 Å². The third kappa shape index (κ3) is 4.43. The molecule has 6 N–H and O–H groups in total. The molecule has 1 saturated heterocycles. The summed E-state index contributed by atoms with van der Waals surface area (Å²) in [6.45, 7) is 0.203. The molecular formula is C44H45NO7. The van der Waals surface area contributed by atoms with E-state index >= 15 is 0 Å². The number of aromatic hydroxyl groups is 3. The average molecular weight is 700 g/mol. The number of aliphatic hydroxyl groups is 2. The van der Waals surface area contributed by atoms with E-state index in [4.69, 9.17) is 4.74 Å². The molecule has 6 aliphatic rings. The molecule has 268 valence electrons. The van der Waals surface area contributed by atoms with Crippen LogP contribution in [0.1, 0.15) is 72.3 Å². The lowest BCUT2D eigenvalue weighted by Gasteiger charge is -2.78. The lowest BCUT2D eigenvalue weighted by atomic mass is 9.29. The third-order valence-electron chi connectivity index (χ3n) is 13.8. The molecule has 1 aliphatic heterocycles. The van der Waals surface area contributed by atoms with Gasteiger partial charge in [-0.25, -0.2) is 0 Å². The van der Waals surface area contributed by atoms with Crippen LogP contribution in [0, 0.1) is 40.9 Å². The number of phenolic OH excluding ortho intramolecular Hbond substituents is 3. The molecule has 3 aromatic rings. The average Bonchev–Trinajstić information content (AvgIpc) is 3.13. The molecule has 5 aliphatic carbocycles. The number of methoxy groups -OCH3 is 1. The first-order chi connectivity index (χ1) is 25.1. The molecule has 8 heteroatoms. The zero-order valence-electron chi connectivity index (χ0n) is 29.3. The number of rotatable bonds is 5. The minimum absolute atomic E-state index is 0.0601. The van der Waals surface area contributed by atoms with Crippen LogP contribution in [0.3, 0.4) is 0 Å². The van der Waals surface area contributed by atoms with Crippen LogP contribution in [0.5, 0.6) is 23.0 Å². The Kier molecular flexibility index (Phi) is 7.51. The fourth-order valence-electron chi connectivity index (χ4n) is 12.1. The molecule has 0 radical (unpaired) electrons. The van der Waals surface area contributed by atoms with Crippen LogP contribution in [-0.2, 0) is 23.2 Å². The van der Waals surface area contributed by atoms with Gasteiger partial charge in [-0.1, -0.05) is 72.9 Å². The Morgan fingerprint density at radius 2 is 1.79 bits per heavy atom. The number of allylic oxidation sites excluding steroid dienone is 2. The highest BCUT2D eigenvalue weighted by molar-refractivity contribution is 5.81. The smallest absolute Gasteiger partial charge is 0.160 e. The second kappa shape index (κ2) is 11.7. The van der Waals surface area contributed by atoms with Crippen molar-refractivity contribution >= 4 is 11.9 Å². The molecule has 1 spiro atoms. The molecule has 9 rings (SSSR count). The van der Waals surface area contributed by atoms with Gasteiger partial charge in [-0.3, -0.25) is 4.79 Å². The summed E-state index contributed by atoms with van der Waals surface area (Å²) >= 11 is 0. The number of ether oxygens (including phenoxy) is 1. The van der Waals surface area contributed by atoms with Crippen molar-refractivity contribution < 1.29 is 35.1 Å². The van der Waals surface area contributed by atoms with Crippen molar-refractivity contribution in [2.24, 2.45) is 29.1 Å². The van der Waals surface area contributed by atoms with E-state index in [0.29, 0.717) is 30.5 Å². The lowest BCUT2D eigenvalue weighted by Crippen LogP contribution is -2.85. The summed E-state index contributed by atoms with van der Waals surface area (Å²) in [5.41, 5.74) is 0.865. The number of aliphatic hydroxyl groups excluding tert-OH is 1. The molecule has 1 heterocycles. The lowest BCUT2D eigenvalue weighted by molar-refractivity contribution is -0.218. The maximum atomic E-state index is 14.8. The monoisotopic (exact) mass is 699 g/mol. The molecule has 52 heavy (non-hydrogen) atoms. The van der Waals surface area contributed by atoms with Crippen LogP contribution < -0.4 is 10.1 Å². The van der Waals surface area contributed by atoms with Gasteiger partial charge in [-0.2, -0.15) is 0 Å². The van der Waals surface area contributed by atoms with Gasteiger partial charge in [0.2, 0.25) is 0 Å². The fourth-order valence-corrected chi connectivity index (χ4v) is 12.1. The first-order valence-corrected chi connectivity index (χ1v) is 18.6. The van der Waals surface area contributed by atoms with Crippen LogP contribution in [0.25, 0.3) is 6.08 Å². The Hall–Kier alpha value is -4.55. The Bertz CT molecular complexity index is 2100. The number of benzene rings is 3. The Morgan fingerprint density at radius 1 is 0.981 bits per heavy atom. The van der Waals surface area contributed by atoms with E-state index in [1.165, 1.54) is 13.2 Å². The number of Topliss-reactive ketones (excluding diaryl/α,β-unsaturated/α-hetero) is 1. The molecule has 0 amide bonds. The van der Waals surface area contributed by atoms with Gasteiger partial charge in [0, 0.05) is 59.4 Å². The quantitative estimate of drug-likeness (QED) is 0.114. The summed E-state index contributed by atoms with van der Waals surface area (Å²) in [6, 6.07) is 16.6. The van der Waals surface area contributed by atoms with Crippen molar-refractivity contribution in [2.45, 2.75) is 74.0 Å². The van der Waals surface area contributed by atoms with Crippen LogP contribution >= 0.6 is 0 Å². The fraction of sp³-hybridized carbons (Fsp3) is 0.432. The van der Waals surface area contributed by atoms with E-state index in [1.807, 2.05) is 24.3 Å². The molecule has 9 atom stereocenters. The summed E-state index contributed by atoms with van der Waals surface area (Å²) < 4.78 is 5.51.